The first-order valence-corrected chi connectivity index (χ1v) is 7.48. The second kappa shape index (κ2) is 5.81. The number of amides is 1. The number of nitrogens with one attached hydrogen (secondary N) is 1. The summed E-state index contributed by atoms with van der Waals surface area (Å²) in [5.74, 6) is -0.824. The highest BCUT2D eigenvalue weighted by atomic mass is 79.9. The number of hydrogen-bond acceptors (Lipinski definition) is 3. The molecule has 1 aromatic heterocycles. The van der Waals surface area contributed by atoms with Crippen molar-refractivity contribution in [1.29, 1.82) is 0 Å². The summed E-state index contributed by atoms with van der Waals surface area (Å²) in [6.45, 7) is 1.81. The van der Waals surface area contributed by atoms with Crippen LogP contribution in [-0.2, 0) is 11.3 Å². The zero-order valence-corrected chi connectivity index (χ0v) is 13.4. The predicted molar refractivity (Wildman–Crippen MR) is 88.0 cm³/mol. The van der Waals surface area contributed by atoms with Crippen LogP contribution in [0.1, 0.15) is 5.56 Å². The van der Waals surface area contributed by atoms with E-state index >= 15 is 0 Å². The van der Waals surface area contributed by atoms with Crippen molar-refractivity contribution in [2.45, 2.75) is 13.5 Å². The topological polar surface area (TPSA) is 64.2 Å². The Kier molecular flexibility index (Phi) is 3.85. The third-order valence-corrected chi connectivity index (χ3v) is 3.84. The van der Waals surface area contributed by atoms with Gasteiger partial charge >= 0.3 is 5.76 Å². The second-order valence-corrected chi connectivity index (χ2v) is 5.84. The van der Waals surface area contributed by atoms with Crippen LogP contribution in [0, 0.1) is 6.92 Å². The van der Waals surface area contributed by atoms with E-state index in [4.69, 9.17) is 4.42 Å². The molecule has 3 rings (SSSR count). The SMILES string of the molecule is Cc1ccccc1NC(=O)Cn1c(=O)oc2cc(Br)ccc21. The van der Waals surface area contributed by atoms with E-state index in [-0.39, 0.29) is 12.5 Å². The number of nitrogens with zero attached hydrogens (tertiary/aromatic N) is 1. The van der Waals surface area contributed by atoms with Crippen molar-refractivity contribution in [2.75, 3.05) is 5.32 Å². The van der Waals surface area contributed by atoms with E-state index in [9.17, 15) is 9.59 Å². The molecule has 0 atom stereocenters. The first-order chi connectivity index (χ1) is 10.5. The summed E-state index contributed by atoms with van der Waals surface area (Å²) in [6, 6.07) is 12.7. The number of rotatable bonds is 3. The number of halogens is 1. The quantitative estimate of drug-likeness (QED) is 0.779. The fourth-order valence-corrected chi connectivity index (χ4v) is 2.58. The molecule has 1 N–H and O–H groups in total. The van der Waals surface area contributed by atoms with E-state index < -0.39 is 5.76 Å². The van der Waals surface area contributed by atoms with Crippen LogP contribution in [0.15, 0.2) is 56.1 Å². The van der Waals surface area contributed by atoms with Crippen LogP contribution >= 0.6 is 15.9 Å². The summed E-state index contributed by atoms with van der Waals surface area (Å²) in [7, 11) is 0. The van der Waals surface area contributed by atoms with Gasteiger partial charge < -0.3 is 9.73 Å². The van der Waals surface area contributed by atoms with Gasteiger partial charge in [0.05, 0.1) is 5.52 Å². The standard InChI is InChI=1S/C16H13BrN2O3/c1-10-4-2-3-5-12(10)18-15(20)9-19-13-7-6-11(17)8-14(13)22-16(19)21/h2-8H,9H2,1H3,(H,18,20). The van der Waals surface area contributed by atoms with Crippen LogP contribution in [0.2, 0.25) is 0 Å². The molecule has 0 fully saturated rings. The number of fused-ring (bicyclic) bond motifs is 1. The normalized spacial score (nSPS) is 10.8. The molecule has 0 saturated carbocycles. The van der Waals surface area contributed by atoms with Crippen LogP contribution in [0.4, 0.5) is 5.69 Å². The number of carbonyl (C=O) groups is 1. The van der Waals surface area contributed by atoms with Gasteiger partial charge in [0, 0.05) is 10.2 Å². The van der Waals surface area contributed by atoms with Crippen LogP contribution in [0.3, 0.4) is 0 Å². The highest BCUT2D eigenvalue weighted by Crippen LogP contribution is 2.19. The van der Waals surface area contributed by atoms with Gasteiger partial charge in [-0.15, -0.1) is 0 Å². The predicted octanol–water partition coefficient (Wildman–Crippen LogP) is 3.30. The average molecular weight is 361 g/mol. The van der Waals surface area contributed by atoms with E-state index in [0.29, 0.717) is 11.1 Å². The number of benzene rings is 2. The van der Waals surface area contributed by atoms with Gasteiger partial charge in [-0.1, -0.05) is 34.1 Å². The fourth-order valence-electron chi connectivity index (χ4n) is 2.24. The van der Waals surface area contributed by atoms with Gasteiger partial charge in [-0.05, 0) is 36.8 Å². The Morgan fingerprint density at radius 2 is 2.05 bits per heavy atom. The molecule has 22 heavy (non-hydrogen) atoms. The number of oxazole rings is 1. The summed E-state index contributed by atoms with van der Waals surface area (Å²) in [5.41, 5.74) is 2.73. The van der Waals surface area contributed by atoms with Crippen LogP contribution < -0.4 is 11.1 Å². The van der Waals surface area contributed by atoms with E-state index in [1.54, 1.807) is 18.2 Å². The van der Waals surface area contributed by atoms with Crippen molar-refractivity contribution < 1.29 is 9.21 Å². The first-order valence-electron chi connectivity index (χ1n) is 6.69. The van der Waals surface area contributed by atoms with Gasteiger partial charge in [0.1, 0.15) is 6.54 Å². The minimum atomic E-state index is -0.548. The number of carbonyl (C=O) groups excluding carboxylic acids is 1. The molecule has 2 aromatic carbocycles. The molecule has 0 bridgehead atoms. The second-order valence-electron chi connectivity index (χ2n) is 4.93. The highest BCUT2D eigenvalue weighted by Gasteiger charge is 2.13. The molecule has 112 valence electrons. The highest BCUT2D eigenvalue weighted by molar-refractivity contribution is 9.10. The minimum Gasteiger partial charge on any atom is -0.408 e. The van der Waals surface area contributed by atoms with Crippen molar-refractivity contribution in [3.63, 3.8) is 0 Å². The maximum atomic E-state index is 12.2. The third kappa shape index (κ3) is 2.82. The summed E-state index contributed by atoms with van der Waals surface area (Å²) < 4.78 is 7.28. The number of aromatic nitrogens is 1. The minimum absolute atomic E-state index is 0.0954. The lowest BCUT2D eigenvalue weighted by Gasteiger charge is -2.08. The molecular weight excluding hydrogens is 348 g/mol. The number of hydrogen-bond donors (Lipinski definition) is 1. The lowest BCUT2D eigenvalue weighted by Crippen LogP contribution is -2.25. The van der Waals surface area contributed by atoms with E-state index in [2.05, 4.69) is 21.2 Å². The number of para-hydroxylation sites is 1. The molecule has 3 aromatic rings. The van der Waals surface area contributed by atoms with Gasteiger partial charge in [0.2, 0.25) is 5.91 Å². The van der Waals surface area contributed by atoms with E-state index in [1.165, 1.54) is 4.57 Å². The Hall–Kier alpha value is -2.34. The zero-order valence-electron chi connectivity index (χ0n) is 11.8. The summed E-state index contributed by atoms with van der Waals surface area (Å²) in [5, 5.41) is 2.80. The third-order valence-electron chi connectivity index (χ3n) is 3.35. The molecule has 1 amide bonds. The van der Waals surface area contributed by atoms with Crippen molar-refractivity contribution >= 4 is 38.6 Å². The largest absolute Gasteiger partial charge is 0.420 e. The first kappa shape index (κ1) is 14.6. The molecule has 1 heterocycles. The van der Waals surface area contributed by atoms with Crippen molar-refractivity contribution in [3.8, 4) is 0 Å². The maximum absolute atomic E-state index is 12.2. The molecule has 0 aliphatic carbocycles. The molecule has 6 heteroatoms. The van der Waals surface area contributed by atoms with Gasteiger partial charge in [-0.3, -0.25) is 9.36 Å². The smallest absolute Gasteiger partial charge is 0.408 e. The van der Waals surface area contributed by atoms with Crippen molar-refractivity contribution in [3.05, 3.63) is 63.1 Å². The van der Waals surface area contributed by atoms with Gasteiger partial charge in [0.15, 0.2) is 5.58 Å². The maximum Gasteiger partial charge on any atom is 0.420 e. The van der Waals surface area contributed by atoms with Gasteiger partial charge in [-0.25, -0.2) is 4.79 Å². The molecule has 0 aliphatic heterocycles. The van der Waals surface area contributed by atoms with Crippen LogP contribution in [-0.4, -0.2) is 10.5 Å². The molecule has 0 aliphatic rings. The Balaban J connectivity index is 1.87. The monoisotopic (exact) mass is 360 g/mol. The lowest BCUT2D eigenvalue weighted by atomic mass is 10.2. The lowest BCUT2D eigenvalue weighted by molar-refractivity contribution is -0.116. The van der Waals surface area contributed by atoms with E-state index in [1.807, 2.05) is 31.2 Å². The molecule has 0 radical (unpaired) electrons. The summed E-state index contributed by atoms with van der Waals surface area (Å²) in [4.78, 5) is 24.1. The number of aryl methyl sites for hydroxylation is 1. The summed E-state index contributed by atoms with van der Waals surface area (Å²) in [6.07, 6.45) is 0. The molecule has 5 nitrogen and oxygen atoms in total. The Labute approximate surface area is 134 Å². The van der Waals surface area contributed by atoms with Crippen molar-refractivity contribution in [2.24, 2.45) is 0 Å². The molecular formula is C16H13BrN2O3. The Morgan fingerprint density at radius 3 is 2.82 bits per heavy atom. The van der Waals surface area contributed by atoms with E-state index in [0.717, 1.165) is 15.7 Å². The Morgan fingerprint density at radius 1 is 1.27 bits per heavy atom. The molecule has 0 saturated heterocycles. The fraction of sp³-hybridized carbons (Fsp3) is 0.125. The summed E-state index contributed by atoms with van der Waals surface area (Å²) >= 11 is 3.32. The average Bonchev–Trinajstić information content (AvgIpc) is 2.77. The molecule has 0 unspecified atom stereocenters. The Bertz CT molecular complexity index is 911. The van der Waals surface area contributed by atoms with Crippen LogP contribution in [0.5, 0.6) is 0 Å². The van der Waals surface area contributed by atoms with Gasteiger partial charge in [-0.2, -0.15) is 0 Å². The number of anilines is 1. The van der Waals surface area contributed by atoms with Crippen molar-refractivity contribution in [1.82, 2.24) is 4.57 Å². The zero-order chi connectivity index (χ0) is 15.7. The molecule has 0 spiro atoms. The van der Waals surface area contributed by atoms with Gasteiger partial charge in [0.25, 0.3) is 0 Å². The van der Waals surface area contributed by atoms with Crippen LogP contribution in [0.25, 0.3) is 11.1 Å².